The zero-order chi connectivity index (χ0) is 14.0. The number of halogens is 1. The summed E-state index contributed by atoms with van der Waals surface area (Å²) in [5.74, 6) is 0.684. The molecule has 2 rings (SSSR count). The van der Waals surface area contributed by atoms with Crippen LogP contribution in [-0.2, 0) is 28.6 Å². The third-order valence-corrected chi connectivity index (χ3v) is 3.94. The maximum Gasteiger partial charge on any atom is 0.280 e. The molecule has 6 nitrogen and oxygen atoms in total. The molecule has 0 radical (unpaired) electrons. The summed E-state index contributed by atoms with van der Waals surface area (Å²) in [6.45, 7) is 5.25. The molecule has 0 atom stereocenters. The summed E-state index contributed by atoms with van der Waals surface area (Å²) in [6.07, 6.45) is 5.78. The lowest BCUT2D eigenvalue weighted by molar-refractivity contribution is 0.606. The first-order valence-electron chi connectivity index (χ1n) is 5.96. The molecule has 0 bridgehead atoms. The predicted octanol–water partition coefficient (Wildman–Crippen LogP) is 1.64. The van der Waals surface area contributed by atoms with Crippen molar-refractivity contribution < 1.29 is 8.42 Å². The molecule has 0 fully saturated rings. The van der Waals surface area contributed by atoms with Crippen LogP contribution in [0.5, 0.6) is 0 Å². The third-order valence-electron chi connectivity index (χ3n) is 2.77. The normalized spacial score (nSPS) is 11.9. The fourth-order valence-corrected chi connectivity index (χ4v) is 2.51. The van der Waals surface area contributed by atoms with Crippen LogP contribution in [0, 0.1) is 0 Å². The summed E-state index contributed by atoms with van der Waals surface area (Å²) in [4.78, 5) is 4.04. The molecule has 0 saturated carbocycles. The Morgan fingerprint density at radius 3 is 2.58 bits per heavy atom. The highest BCUT2D eigenvalue weighted by Gasteiger charge is 2.17. The summed E-state index contributed by atoms with van der Waals surface area (Å²) in [5, 5.41) is 4.08. The smallest absolute Gasteiger partial charge is 0.280 e. The molecule has 0 aromatic carbocycles. The second-order valence-corrected chi connectivity index (χ2v) is 6.63. The number of hydrogen-bond donors (Lipinski definition) is 0. The lowest BCUT2D eigenvalue weighted by Gasteiger charge is -2.03. The molecule has 0 N–H and O–H groups in total. The van der Waals surface area contributed by atoms with Gasteiger partial charge in [0, 0.05) is 41.6 Å². The van der Waals surface area contributed by atoms with Crippen molar-refractivity contribution in [1.82, 2.24) is 19.3 Å². The van der Waals surface area contributed by atoms with Crippen molar-refractivity contribution in [1.29, 1.82) is 0 Å². The van der Waals surface area contributed by atoms with Crippen molar-refractivity contribution in [2.24, 2.45) is 0 Å². The Morgan fingerprint density at radius 2 is 2.05 bits per heavy atom. The molecular weight excluding hydrogens is 288 g/mol. The van der Waals surface area contributed by atoms with E-state index in [9.17, 15) is 8.42 Å². The van der Waals surface area contributed by atoms with Crippen LogP contribution in [-0.4, -0.2) is 27.7 Å². The Kier molecular flexibility index (Phi) is 3.96. The number of nitrogens with zero attached hydrogens (tertiary/aromatic N) is 4. The lowest BCUT2D eigenvalue weighted by Crippen LogP contribution is -2.02. The molecule has 2 aromatic rings. The maximum atomic E-state index is 11.3. The zero-order valence-electron chi connectivity index (χ0n) is 10.7. The van der Waals surface area contributed by atoms with Crippen molar-refractivity contribution >= 4 is 19.7 Å². The molecular formula is C11H15ClN4O2S. The number of rotatable bonds is 5. The summed E-state index contributed by atoms with van der Waals surface area (Å²) in [5.41, 5.74) is 0.993. The minimum atomic E-state index is -3.79. The fraction of sp³-hybridized carbons (Fsp3) is 0.455. The molecule has 0 aliphatic rings. The summed E-state index contributed by atoms with van der Waals surface area (Å²) in [7, 11) is 1.52. The molecule has 19 heavy (non-hydrogen) atoms. The highest BCUT2D eigenvalue weighted by atomic mass is 35.7. The number of aryl methyl sites for hydroxylation is 2. The van der Waals surface area contributed by atoms with E-state index in [2.05, 4.69) is 10.1 Å². The Hall–Kier alpha value is -1.34. The van der Waals surface area contributed by atoms with E-state index in [0.717, 1.165) is 12.1 Å². The highest BCUT2D eigenvalue weighted by molar-refractivity contribution is 8.13. The molecule has 2 heterocycles. The minimum absolute atomic E-state index is 0.103. The van der Waals surface area contributed by atoms with E-state index < -0.39 is 9.05 Å². The molecule has 2 aromatic heterocycles. The number of imidazole rings is 1. The molecule has 0 spiro atoms. The van der Waals surface area contributed by atoms with Gasteiger partial charge in [0.15, 0.2) is 5.03 Å². The van der Waals surface area contributed by atoms with Crippen LogP contribution < -0.4 is 0 Å². The van der Waals surface area contributed by atoms with Gasteiger partial charge in [-0.25, -0.2) is 13.4 Å². The second-order valence-electron chi connectivity index (χ2n) is 4.12. The van der Waals surface area contributed by atoms with E-state index in [0.29, 0.717) is 18.8 Å². The molecule has 104 valence electrons. The van der Waals surface area contributed by atoms with Gasteiger partial charge in [-0.15, -0.1) is 0 Å². The maximum absolute atomic E-state index is 11.3. The van der Waals surface area contributed by atoms with Gasteiger partial charge in [-0.1, -0.05) is 6.92 Å². The van der Waals surface area contributed by atoms with E-state index in [1.807, 2.05) is 24.7 Å². The largest absolute Gasteiger partial charge is 0.329 e. The zero-order valence-corrected chi connectivity index (χ0v) is 12.3. The molecule has 0 saturated heterocycles. The van der Waals surface area contributed by atoms with E-state index in [4.69, 9.17) is 10.7 Å². The van der Waals surface area contributed by atoms with Crippen LogP contribution in [0.3, 0.4) is 0 Å². The Balaban J connectivity index is 2.31. The second kappa shape index (κ2) is 5.34. The first-order chi connectivity index (χ1) is 8.94. The quantitative estimate of drug-likeness (QED) is 0.787. The van der Waals surface area contributed by atoms with Gasteiger partial charge in [0.1, 0.15) is 5.82 Å². The van der Waals surface area contributed by atoms with Gasteiger partial charge in [0.05, 0.1) is 12.7 Å². The first kappa shape index (κ1) is 14.1. The van der Waals surface area contributed by atoms with Crippen LogP contribution in [0.1, 0.15) is 25.2 Å². The average Bonchev–Trinajstić information content (AvgIpc) is 2.95. The predicted molar refractivity (Wildman–Crippen MR) is 71.6 cm³/mol. The topological polar surface area (TPSA) is 69.8 Å². The molecule has 0 unspecified atom stereocenters. The van der Waals surface area contributed by atoms with Crippen molar-refractivity contribution in [3.8, 4) is 0 Å². The van der Waals surface area contributed by atoms with Gasteiger partial charge in [0.2, 0.25) is 0 Å². The monoisotopic (exact) mass is 302 g/mol. The summed E-state index contributed by atoms with van der Waals surface area (Å²) in [6, 6.07) is 0. The number of hydrogen-bond acceptors (Lipinski definition) is 4. The SMILES string of the molecule is CCc1nc(S(=O)(=O)Cl)cn1Cc1cnn(CC)c1. The Morgan fingerprint density at radius 1 is 1.32 bits per heavy atom. The average molecular weight is 303 g/mol. The third kappa shape index (κ3) is 3.16. The summed E-state index contributed by atoms with van der Waals surface area (Å²) >= 11 is 0. The lowest BCUT2D eigenvalue weighted by atomic mass is 10.3. The van der Waals surface area contributed by atoms with Crippen LogP contribution in [0.4, 0.5) is 0 Å². The number of aromatic nitrogens is 4. The Labute approximate surface area is 116 Å². The first-order valence-corrected chi connectivity index (χ1v) is 8.27. The fourth-order valence-electron chi connectivity index (χ4n) is 1.82. The van der Waals surface area contributed by atoms with E-state index in [1.165, 1.54) is 6.20 Å². The van der Waals surface area contributed by atoms with Crippen LogP contribution in [0.25, 0.3) is 0 Å². The standard InChI is InChI=1S/C11H15ClN4O2S/c1-3-10-14-11(19(12,17)18)8-15(10)6-9-5-13-16(4-2)7-9/h5,7-8H,3-4,6H2,1-2H3. The Bertz CT molecular complexity index is 675. The van der Waals surface area contributed by atoms with Gasteiger partial charge >= 0.3 is 0 Å². The highest BCUT2D eigenvalue weighted by Crippen LogP contribution is 2.16. The summed E-state index contributed by atoms with van der Waals surface area (Å²) < 4.78 is 26.2. The van der Waals surface area contributed by atoms with Crippen LogP contribution in [0.2, 0.25) is 0 Å². The van der Waals surface area contributed by atoms with Crippen LogP contribution >= 0.6 is 10.7 Å². The van der Waals surface area contributed by atoms with Gasteiger partial charge in [-0.2, -0.15) is 5.10 Å². The van der Waals surface area contributed by atoms with Crippen LogP contribution in [0.15, 0.2) is 23.6 Å². The van der Waals surface area contributed by atoms with E-state index in [1.54, 1.807) is 10.8 Å². The van der Waals surface area contributed by atoms with Crippen molar-refractivity contribution in [3.63, 3.8) is 0 Å². The van der Waals surface area contributed by atoms with Crippen molar-refractivity contribution in [2.45, 2.75) is 38.4 Å². The van der Waals surface area contributed by atoms with Gasteiger partial charge in [0.25, 0.3) is 9.05 Å². The van der Waals surface area contributed by atoms with E-state index in [-0.39, 0.29) is 5.03 Å². The van der Waals surface area contributed by atoms with Gasteiger partial charge in [-0.3, -0.25) is 4.68 Å². The van der Waals surface area contributed by atoms with Gasteiger partial charge < -0.3 is 4.57 Å². The van der Waals surface area contributed by atoms with Gasteiger partial charge in [-0.05, 0) is 6.92 Å². The molecule has 8 heteroatoms. The molecule has 0 aliphatic carbocycles. The van der Waals surface area contributed by atoms with Crippen molar-refractivity contribution in [2.75, 3.05) is 0 Å². The van der Waals surface area contributed by atoms with Crippen molar-refractivity contribution in [3.05, 3.63) is 30.0 Å². The minimum Gasteiger partial charge on any atom is -0.329 e. The molecule has 0 amide bonds. The van der Waals surface area contributed by atoms with E-state index >= 15 is 0 Å². The molecule has 0 aliphatic heterocycles.